The van der Waals surface area contributed by atoms with Gasteiger partial charge in [-0.05, 0) is 154 Å². The summed E-state index contributed by atoms with van der Waals surface area (Å²) in [7, 11) is -3.06. The molecule has 148 heavy (non-hydrogen) atoms. The first-order valence-electron chi connectivity index (χ1n) is 50.6. The van der Waals surface area contributed by atoms with Crippen LogP contribution >= 0.6 is 0 Å². The Balaban J connectivity index is 0.000000187. The number of nitrogens with one attached hydrogen (secondary N) is 1. The van der Waals surface area contributed by atoms with Crippen LogP contribution in [0.3, 0.4) is 0 Å². The topological polar surface area (TPSA) is 557 Å². The van der Waals surface area contributed by atoms with Gasteiger partial charge in [0.05, 0.1) is 103 Å². The molecule has 3 aliphatic heterocycles. The molecule has 0 radical (unpaired) electrons. The van der Waals surface area contributed by atoms with E-state index in [0.29, 0.717) is 17.6 Å². The van der Waals surface area contributed by atoms with Gasteiger partial charge in [-0.1, -0.05) is 111 Å². The Morgan fingerprint density at radius 1 is 0.453 bits per heavy atom. The van der Waals surface area contributed by atoms with Crippen LogP contribution in [0, 0.1) is 62.1 Å². The third-order valence-corrected chi connectivity index (χ3v) is 41.9. The van der Waals surface area contributed by atoms with Crippen molar-refractivity contribution < 1.29 is 182 Å². The van der Waals surface area contributed by atoms with Gasteiger partial charge in [-0.25, -0.2) is 24.0 Å². The Kier molecular flexibility index (Phi) is 30.4. The Bertz CT molecular complexity index is 5870. The molecule has 9 aliphatic carbocycles. The number of Topliss-reactive ketones (excluding diaryl/α,β-unsaturated/α-hetero) is 3. The van der Waals surface area contributed by atoms with Crippen LogP contribution in [0.15, 0.2) is 125 Å². The highest BCUT2D eigenvalue weighted by molar-refractivity contribution is 6.77. The zero-order valence-corrected chi connectivity index (χ0v) is 90.4. The number of rotatable bonds is 21. The molecule has 3 saturated heterocycles. The fraction of sp³-hybridized carbons (Fsp3) is 0.676. The molecule has 29 atom stereocenters. The summed E-state index contributed by atoms with van der Waals surface area (Å²) in [4.78, 5) is 179. The molecule has 9 fully saturated rings. The molecule has 1 amide bonds. The number of aliphatic hydroxyl groups is 7. The van der Waals surface area contributed by atoms with Gasteiger partial charge in [-0.3, -0.25) is 38.4 Å². The number of hydrogen-bond acceptors (Lipinski definition) is 38. The van der Waals surface area contributed by atoms with E-state index in [1.54, 1.807) is 109 Å². The van der Waals surface area contributed by atoms with Crippen LogP contribution in [0.25, 0.3) is 0 Å². The van der Waals surface area contributed by atoms with Crippen LogP contribution in [0.5, 0.6) is 0 Å². The lowest BCUT2D eigenvalue weighted by Gasteiger charge is -2.68. The van der Waals surface area contributed by atoms with Crippen LogP contribution in [0.1, 0.15) is 275 Å². The Morgan fingerprint density at radius 2 is 0.811 bits per heavy atom. The highest BCUT2D eigenvalue weighted by Crippen LogP contribution is 2.71. The number of aliphatic hydroxyl groups excluding tert-OH is 4. The quantitative estimate of drug-likeness (QED) is 0.0166. The fourth-order valence-electron chi connectivity index (χ4n) is 27.9. The molecule has 8 N–H and O–H groups in total. The highest BCUT2D eigenvalue weighted by Gasteiger charge is 2.83. The number of hydrogen-bond donors (Lipinski definition) is 8. The number of fused-ring (bicyclic) bond motifs is 15. The maximum absolute atomic E-state index is 15.9. The molecule has 0 aromatic carbocycles. The average Bonchev–Trinajstić information content (AvgIpc) is 0.731. The lowest BCUT2D eigenvalue weighted by atomic mass is 9.43. The summed E-state index contributed by atoms with van der Waals surface area (Å²) in [6, 6.07) is 6.06. The number of alkyl carbamates (subject to hydrolysis) is 1. The van der Waals surface area contributed by atoms with Crippen molar-refractivity contribution in [3.8, 4) is 0 Å². The van der Waals surface area contributed by atoms with Gasteiger partial charge in [-0.2, -0.15) is 0 Å². The summed E-state index contributed by atoms with van der Waals surface area (Å²) in [6.45, 7) is 45.9. The maximum Gasteiger partial charge on any atom is 0.408 e. The summed E-state index contributed by atoms with van der Waals surface area (Å²) < 4.78 is 107. The van der Waals surface area contributed by atoms with Crippen molar-refractivity contribution in [1.82, 2.24) is 5.32 Å². The minimum Gasteiger partial charge on any atom is -0.472 e. The smallest absolute Gasteiger partial charge is 0.408 e. The Labute approximate surface area is 860 Å². The van der Waals surface area contributed by atoms with E-state index < -0.39 is 285 Å². The van der Waals surface area contributed by atoms with Gasteiger partial charge in [0, 0.05) is 87.4 Å². The number of carbonyl (C=O) groups excluding carboxylic acids is 13. The third-order valence-electron chi connectivity index (χ3n) is 35.9. The fourth-order valence-corrected chi connectivity index (χ4v) is 33.4. The standard InChI is InChI=1S/C51H73NO16Si.C30H38O11.C27H34O11/c1-26(2)69(27(3)4,28(5)6)68-40(38(34-18-17-20-61-34)52-46(58)67-47(11,12)13)45(57)64-35-23-51(59)43(65-44(56)33-19-21-60-24-33)41-49(16,29(7)22-36-50(41,25-62-36)66-32(10)54)42(55)39(63-31(9)53)37(30(35)8)48(51,14)15;1-14-10-20-29(13-38-20,41-17(4)32)23-25(40-26(35)18-8-9-37-12-18)30(36)11-19(33)15(2)21(27(30,5)6)22(39-16(3)31)24(34)28(14,23)7;1-12-15(29)9-27(34)22(37-23(33)14-6-7-35-10-14)20-25(5,21(32)19(31)18(12)24(27,3)4)16(30)8-17-26(20,11-36-17)38-13(2)28/h17-21,24,26-29,35-36,38-41,43,59H,22-23,25H2,1-16H3,(H,52,58);8-9,12,14,19-20,22-23,25,33,36H,10-11,13H2,1-7H3;6-7,10,15-17,19-20,22,29-31,34H,8-9,11H2,1-5H3/t29-,35-,36+,38-,39+,40+,41-,43-,49+,50-,51+;14-,19-,20+,22+,23-,25-,28+,29-,30+;15-,16-,17+,19+,20-,22-,25+,26-,27+/m000/s1. The van der Waals surface area contributed by atoms with E-state index >= 15 is 9.59 Å². The SMILES string of the molecule is CC(=O)O[C@@]12CO[C@@H]1C[C@H](O)[C@@]1(C)C(=O)[C@H](O)C3=C(C)[C@@H](O)C[C@@](O)([C@@H](OC(=O)c4ccoc4)[C@H]21)C3(C)C.CC(=O)O[C@H]1C(=O)[C@@]2(C)[C@H]([C@H](OC(=O)c3ccoc3)[C@]3(O)C[C@H](O)C(C)=C1C3(C)C)[C@]1(OC(C)=O)CO[C@@H]1C[C@@H]2C.CC(=O)O[C@H]1C(=O)[C@@]2(C)[C@H]([C@H](OC(=O)c3ccoc3)[C@]3(O)C[C@H](OC(=O)[C@H](O[Si](C(C)C)(C(C)C)C(C)C)[C@@H](NC(=O)OC(C)(C)C)c4ccco4)C(C)=C1C3(C)C)[C@]1(OC(C)=O)CO[C@@H]1C[C@@H]2C. The molecule has 39 nitrogen and oxygen atoms in total. The van der Waals surface area contributed by atoms with E-state index in [9.17, 15) is 88.5 Å². The first kappa shape index (κ1) is 113. The summed E-state index contributed by atoms with van der Waals surface area (Å²) >= 11 is 0. The first-order valence-corrected chi connectivity index (χ1v) is 52.7. The third kappa shape index (κ3) is 17.9. The number of furan rings is 4. The van der Waals surface area contributed by atoms with Crippen LogP contribution in [-0.2, 0) is 109 Å². The number of amides is 1. The Hall–Kier alpha value is -10.4. The van der Waals surface area contributed by atoms with Crippen molar-refractivity contribution in [2.75, 3.05) is 19.8 Å². The monoisotopic (exact) mass is 2090 g/mol. The van der Waals surface area contributed by atoms with Gasteiger partial charge >= 0.3 is 59.8 Å². The molecule has 6 bridgehead atoms. The van der Waals surface area contributed by atoms with E-state index in [2.05, 4.69) is 5.32 Å². The lowest BCUT2D eigenvalue weighted by Crippen LogP contribution is -2.81. The summed E-state index contributed by atoms with van der Waals surface area (Å²) in [6.07, 6.45) is -11.6. The van der Waals surface area contributed by atoms with Crippen LogP contribution in [-0.4, -0.2) is 266 Å². The molecule has 40 heteroatoms. The molecule has 0 unspecified atom stereocenters. The van der Waals surface area contributed by atoms with Gasteiger partial charge in [-0.15, -0.1) is 0 Å². The second-order valence-electron chi connectivity index (χ2n) is 46.8. The number of ether oxygens (including phenoxy) is 13. The van der Waals surface area contributed by atoms with E-state index in [-0.39, 0.29) is 107 Å². The van der Waals surface area contributed by atoms with Crippen molar-refractivity contribution in [1.29, 1.82) is 0 Å². The number of ketones is 3. The molecule has 4 aromatic heterocycles. The Morgan fingerprint density at radius 3 is 1.14 bits per heavy atom. The van der Waals surface area contributed by atoms with Crippen molar-refractivity contribution >= 4 is 85.5 Å². The highest BCUT2D eigenvalue weighted by atomic mass is 28.4. The summed E-state index contributed by atoms with van der Waals surface area (Å²) in [5.41, 5.74) is -19.9. The minimum absolute atomic E-state index is 0.00336. The van der Waals surface area contributed by atoms with E-state index in [1.165, 1.54) is 97.3 Å². The zero-order chi connectivity index (χ0) is 110. The van der Waals surface area contributed by atoms with E-state index in [4.69, 9.17) is 83.7 Å². The molecular formula is C108H145NO38Si. The molecule has 0 spiro atoms. The molecule has 12 aliphatic rings. The van der Waals surface area contributed by atoms with Crippen LogP contribution in [0.2, 0.25) is 16.6 Å². The van der Waals surface area contributed by atoms with Gasteiger partial charge < -0.3 is 125 Å². The van der Waals surface area contributed by atoms with Crippen molar-refractivity contribution in [2.24, 2.45) is 62.1 Å². The molecule has 814 valence electrons. The summed E-state index contributed by atoms with van der Waals surface area (Å²) in [5, 5.41) is 87.6. The first-order chi connectivity index (χ1) is 68.5. The summed E-state index contributed by atoms with van der Waals surface area (Å²) in [5.74, 6) is -13.7. The van der Waals surface area contributed by atoms with Gasteiger partial charge in [0.25, 0.3) is 0 Å². The lowest BCUT2D eigenvalue weighted by molar-refractivity contribution is -0.345. The zero-order valence-electron chi connectivity index (χ0n) is 89.4. The van der Waals surface area contributed by atoms with E-state index in [0.717, 1.165) is 6.26 Å². The van der Waals surface area contributed by atoms with Crippen molar-refractivity contribution in [2.45, 2.75) is 380 Å². The molecule has 16 rings (SSSR count). The van der Waals surface area contributed by atoms with Gasteiger partial charge in [0.1, 0.15) is 102 Å². The van der Waals surface area contributed by atoms with Crippen LogP contribution in [0.4, 0.5) is 4.79 Å². The predicted octanol–water partition coefficient (Wildman–Crippen LogP) is 11.7. The number of carbonyl (C=O) groups is 13. The molecule has 7 heterocycles. The van der Waals surface area contributed by atoms with Crippen LogP contribution < -0.4 is 5.32 Å². The maximum atomic E-state index is 15.9. The predicted molar refractivity (Wildman–Crippen MR) is 518 cm³/mol. The van der Waals surface area contributed by atoms with Crippen molar-refractivity contribution in [3.63, 3.8) is 0 Å². The number of esters is 9. The largest absolute Gasteiger partial charge is 0.472 e. The molecule has 4 aromatic rings. The van der Waals surface area contributed by atoms with Crippen molar-refractivity contribution in [3.05, 3.63) is 130 Å². The van der Waals surface area contributed by atoms with Gasteiger partial charge in [0.2, 0.25) is 8.32 Å². The normalized spacial score (nSPS) is 36.9. The second-order valence-corrected chi connectivity index (χ2v) is 52.2. The average molecular weight is 2090 g/mol. The molecule has 6 saturated carbocycles. The molecular weight excluding hydrogens is 1950 g/mol. The van der Waals surface area contributed by atoms with E-state index in [1.807, 2.05) is 55.4 Å². The second kappa shape index (κ2) is 39.7. The minimum atomic E-state index is -3.06. The van der Waals surface area contributed by atoms with Gasteiger partial charge in [0.15, 0.2) is 52.5 Å².